The predicted molar refractivity (Wildman–Crippen MR) is 335 cm³/mol. The van der Waals surface area contributed by atoms with Crippen molar-refractivity contribution in [3.05, 3.63) is 109 Å². The maximum absolute atomic E-state index is 12.8. The number of carbonyl (C=O) groups is 2. The molecule has 0 radical (unpaired) electrons. The topological polar surface area (TPSA) is 108 Å². The summed E-state index contributed by atoms with van der Waals surface area (Å²) in [6, 6.07) is 0. The van der Waals surface area contributed by atoms with Gasteiger partial charge in [0.15, 0.2) is 6.10 Å². The summed E-state index contributed by atoms with van der Waals surface area (Å²) in [5.74, 6) is -0.816. The van der Waals surface area contributed by atoms with Crippen LogP contribution in [0, 0.1) is 0 Å². The minimum atomic E-state index is -4.40. The Morgan fingerprint density at radius 3 is 1.10 bits per heavy atom. The Morgan fingerprint density at radius 2 is 0.731 bits per heavy atom. The van der Waals surface area contributed by atoms with Gasteiger partial charge in [0.1, 0.15) is 19.8 Å². The lowest BCUT2D eigenvalue weighted by Gasteiger charge is -2.24. The highest BCUT2D eigenvalue weighted by atomic mass is 31.2. The van der Waals surface area contributed by atoms with E-state index < -0.39 is 26.5 Å². The molecule has 0 saturated carbocycles. The number of hydrogen-bond donors (Lipinski definition) is 1. The van der Waals surface area contributed by atoms with Crippen LogP contribution in [0.25, 0.3) is 0 Å². The molecule has 0 aromatic heterocycles. The van der Waals surface area contributed by atoms with E-state index in [4.69, 9.17) is 18.5 Å². The number of ether oxygens (including phenoxy) is 2. The number of hydrogen-bond acceptors (Lipinski definition) is 7. The van der Waals surface area contributed by atoms with Crippen molar-refractivity contribution in [3.63, 3.8) is 0 Å². The van der Waals surface area contributed by atoms with Gasteiger partial charge in [-0.25, -0.2) is 4.57 Å². The number of rotatable bonds is 57. The normalized spacial score (nSPS) is 14.0. The zero-order valence-electron chi connectivity index (χ0n) is 50.9. The van der Waals surface area contributed by atoms with Crippen LogP contribution in [0.15, 0.2) is 109 Å². The summed E-state index contributed by atoms with van der Waals surface area (Å²) in [4.78, 5) is 35.8. The number of carbonyl (C=O) groups excluding carboxylic acids is 2. The Bertz CT molecular complexity index is 1680. The molecule has 2 atom stereocenters. The third kappa shape index (κ3) is 61.9. The molecule has 2 unspecified atom stereocenters. The standard InChI is InChI=1S/C68H118NO8P/c1-6-8-10-12-14-16-18-20-22-24-26-28-30-31-32-33-34-35-36-37-39-41-43-45-47-49-51-53-55-57-59-61-68(71)77-66(65-76-78(72,73)75-63-62-69(3,4)5)64-74-67(70)60-58-56-54-52-50-48-46-44-42-40-38-29-27-25-23-21-19-17-15-13-11-9-7-2/h8,10,14,16,20,22,25-28,31-32,34-35,37,39,43,45,66H,6-7,9,11-13,15,17-19,21,23-24,29-30,33,36,38,40-42,44,46-65H2,1-5H3/p+1/b10-8-,16-14-,22-20-,27-25-,28-26-,32-31-,35-34-,39-37-,45-43-. The number of phosphoric acid groups is 1. The van der Waals surface area contributed by atoms with E-state index in [1.165, 1.54) is 116 Å². The van der Waals surface area contributed by atoms with E-state index in [2.05, 4.69) is 123 Å². The Kier molecular flexibility index (Phi) is 55.8. The number of allylic oxidation sites excluding steroid dienone is 18. The molecule has 1 N–H and O–H groups in total. The number of likely N-dealkylation sites (N-methyl/N-ethyl adjacent to an activating group) is 1. The lowest BCUT2D eigenvalue weighted by molar-refractivity contribution is -0.870. The van der Waals surface area contributed by atoms with Gasteiger partial charge >= 0.3 is 19.8 Å². The molecule has 10 heteroatoms. The zero-order valence-corrected chi connectivity index (χ0v) is 51.8. The van der Waals surface area contributed by atoms with E-state index in [1.54, 1.807) is 0 Å². The van der Waals surface area contributed by atoms with Crippen molar-refractivity contribution in [1.29, 1.82) is 0 Å². The minimum absolute atomic E-state index is 0.0234. The molecule has 0 aromatic carbocycles. The number of phosphoric ester groups is 1. The summed E-state index contributed by atoms with van der Waals surface area (Å²) in [5.41, 5.74) is 0. The number of quaternary nitrogens is 1. The molecule has 9 nitrogen and oxygen atoms in total. The van der Waals surface area contributed by atoms with Gasteiger partial charge < -0.3 is 18.9 Å². The molecule has 0 fully saturated rings. The van der Waals surface area contributed by atoms with Gasteiger partial charge in [0.25, 0.3) is 0 Å². The van der Waals surface area contributed by atoms with E-state index in [0.717, 1.165) is 109 Å². The quantitative estimate of drug-likeness (QED) is 0.0211. The van der Waals surface area contributed by atoms with Crippen molar-refractivity contribution in [1.82, 2.24) is 0 Å². The van der Waals surface area contributed by atoms with Gasteiger partial charge in [0, 0.05) is 12.8 Å². The number of nitrogens with zero attached hydrogens (tertiary/aromatic N) is 1. The third-order valence-corrected chi connectivity index (χ3v) is 14.3. The van der Waals surface area contributed by atoms with Crippen LogP contribution >= 0.6 is 7.82 Å². The van der Waals surface area contributed by atoms with Gasteiger partial charge in [-0.1, -0.05) is 252 Å². The van der Waals surface area contributed by atoms with Crippen LogP contribution in [0.3, 0.4) is 0 Å². The smallest absolute Gasteiger partial charge is 0.462 e. The van der Waals surface area contributed by atoms with Crippen molar-refractivity contribution in [2.24, 2.45) is 0 Å². The Balaban J connectivity index is 4.20. The molecular weight excluding hydrogens is 990 g/mol. The van der Waals surface area contributed by atoms with Crippen molar-refractivity contribution in [2.45, 2.75) is 264 Å². The number of esters is 2. The second-order valence-electron chi connectivity index (χ2n) is 22.1. The van der Waals surface area contributed by atoms with Gasteiger partial charge in [-0.15, -0.1) is 0 Å². The molecule has 0 aliphatic carbocycles. The van der Waals surface area contributed by atoms with Crippen LogP contribution in [0.5, 0.6) is 0 Å². The Morgan fingerprint density at radius 1 is 0.410 bits per heavy atom. The first-order valence-electron chi connectivity index (χ1n) is 31.6. The second kappa shape index (κ2) is 58.3. The van der Waals surface area contributed by atoms with Crippen molar-refractivity contribution >= 4 is 19.8 Å². The van der Waals surface area contributed by atoms with Crippen LogP contribution in [0.1, 0.15) is 258 Å². The predicted octanol–water partition coefficient (Wildman–Crippen LogP) is 20.2. The fraction of sp³-hybridized carbons (Fsp3) is 0.706. The fourth-order valence-corrected chi connectivity index (χ4v) is 9.18. The average molecular weight is 1110 g/mol. The third-order valence-electron chi connectivity index (χ3n) is 13.3. The first kappa shape index (κ1) is 74.7. The summed E-state index contributed by atoms with van der Waals surface area (Å²) < 4.78 is 34.6. The van der Waals surface area contributed by atoms with E-state index >= 15 is 0 Å². The largest absolute Gasteiger partial charge is 0.472 e. The maximum Gasteiger partial charge on any atom is 0.472 e. The molecule has 0 saturated heterocycles. The zero-order chi connectivity index (χ0) is 57.0. The molecule has 0 rings (SSSR count). The molecule has 0 bridgehead atoms. The molecule has 0 amide bonds. The highest BCUT2D eigenvalue weighted by molar-refractivity contribution is 7.47. The van der Waals surface area contributed by atoms with Crippen LogP contribution in [-0.2, 0) is 32.7 Å². The van der Waals surface area contributed by atoms with Crippen molar-refractivity contribution in [3.8, 4) is 0 Å². The van der Waals surface area contributed by atoms with Gasteiger partial charge in [0.05, 0.1) is 27.7 Å². The second-order valence-corrected chi connectivity index (χ2v) is 23.5. The molecular formula is C68H119NO8P+. The van der Waals surface area contributed by atoms with Crippen LogP contribution in [0.4, 0.5) is 0 Å². The van der Waals surface area contributed by atoms with E-state index in [0.29, 0.717) is 17.4 Å². The van der Waals surface area contributed by atoms with E-state index in [1.807, 2.05) is 21.1 Å². The molecule has 0 aliphatic heterocycles. The summed E-state index contributed by atoms with van der Waals surface area (Å²) in [7, 11) is 1.46. The minimum Gasteiger partial charge on any atom is -0.462 e. The Labute approximate surface area is 480 Å². The lowest BCUT2D eigenvalue weighted by Crippen LogP contribution is -2.37. The lowest BCUT2D eigenvalue weighted by atomic mass is 10.0. The van der Waals surface area contributed by atoms with Gasteiger partial charge in [0.2, 0.25) is 0 Å². The van der Waals surface area contributed by atoms with Gasteiger partial charge in [-0.2, -0.15) is 0 Å². The van der Waals surface area contributed by atoms with Gasteiger partial charge in [-0.05, 0) is 103 Å². The van der Waals surface area contributed by atoms with Crippen LogP contribution in [-0.4, -0.2) is 74.9 Å². The monoisotopic (exact) mass is 1110 g/mol. The van der Waals surface area contributed by atoms with E-state index in [9.17, 15) is 19.0 Å². The maximum atomic E-state index is 12.8. The van der Waals surface area contributed by atoms with Crippen LogP contribution in [0.2, 0.25) is 0 Å². The molecule has 0 spiro atoms. The molecule has 0 aromatic rings. The molecule has 0 heterocycles. The summed E-state index contributed by atoms with van der Waals surface area (Å²) in [5, 5.41) is 0. The SMILES string of the molecule is CC/C=C\C/C=C\C/C=C\C/C=C\C/C=C\C/C=C\C/C=C\C/C=C\CCCCCCCCC(=O)OC(COC(=O)CCCCCCCCCCCCC/C=C\CCCCCCCCCC)COP(=O)(O)OCC[N+](C)(C)C. The number of unbranched alkanes of at least 4 members (excludes halogenated alkanes) is 25. The first-order valence-corrected chi connectivity index (χ1v) is 33.1. The summed E-state index contributed by atoms with van der Waals surface area (Å²) >= 11 is 0. The van der Waals surface area contributed by atoms with Crippen molar-refractivity contribution in [2.75, 3.05) is 47.5 Å². The summed E-state index contributed by atoms with van der Waals surface area (Å²) in [6.07, 6.45) is 81.6. The highest BCUT2D eigenvalue weighted by Gasteiger charge is 2.27. The molecule has 448 valence electrons. The highest BCUT2D eigenvalue weighted by Crippen LogP contribution is 2.43. The Hall–Kier alpha value is -3.33. The van der Waals surface area contributed by atoms with Crippen LogP contribution < -0.4 is 0 Å². The summed E-state index contributed by atoms with van der Waals surface area (Å²) in [6.45, 7) is 4.31. The molecule has 78 heavy (non-hydrogen) atoms. The fourth-order valence-electron chi connectivity index (χ4n) is 8.44. The van der Waals surface area contributed by atoms with E-state index in [-0.39, 0.29) is 32.0 Å². The molecule has 0 aliphatic rings. The van der Waals surface area contributed by atoms with Gasteiger partial charge in [-0.3, -0.25) is 18.6 Å². The first-order chi connectivity index (χ1) is 38.0. The average Bonchev–Trinajstić information content (AvgIpc) is 3.40. The van der Waals surface area contributed by atoms with Crippen molar-refractivity contribution < 1.29 is 42.1 Å².